The molecular weight excluding hydrogens is 86.1 g/mol. The Morgan fingerprint density at radius 1 is 1.57 bits per heavy atom. The summed E-state index contributed by atoms with van der Waals surface area (Å²) in [6, 6.07) is 0. The first-order valence-corrected chi connectivity index (χ1v) is 3.02. The second-order valence-electron chi connectivity index (χ2n) is 2.52. The van der Waals surface area contributed by atoms with Gasteiger partial charge in [-0.2, -0.15) is 0 Å². The van der Waals surface area contributed by atoms with Crippen LogP contribution in [0.3, 0.4) is 0 Å². The maximum Gasteiger partial charge on any atom is 0.00170 e. The fourth-order valence-electron chi connectivity index (χ4n) is 1.44. The smallest absolute Gasteiger partial charge is 0.00170 e. The topological polar surface area (TPSA) is 12.0 Å². The highest BCUT2D eigenvalue weighted by atomic mass is 14.9. The van der Waals surface area contributed by atoms with Crippen molar-refractivity contribution in [1.29, 1.82) is 0 Å². The zero-order valence-electron chi connectivity index (χ0n) is 4.41. The van der Waals surface area contributed by atoms with E-state index in [2.05, 4.69) is 5.32 Å². The van der Waals surface area contributed by atoms with Crippen LogP contribution in [0.4, 0.5) is 0 Å². The van der Waals surface area contributed by atoms with Crippen LogP contribution in [0.1, 0.15) is 12.8 Å². The van der Waals surface area contributed by atoms with Crippen LogP contribution < -0.4 is 5.32 Å². The van der Waals surface area contributed by atoms with E-state index in [1.165, 1.54) is 25.9 Å². The quantitative estimate of drug-likeness (QED) is 0.465. The van der Waals surface area contributed by atoms with E-state index in [1.54, 1.807) is 5.92 Å². The molecule has 7 heavy (non-hydrogen) atoms. The summed E-state index contributed by atoms with van der Waals surface area (Å²) in [6.45, 7) is 2.50. The van der Waals surface area contributed by atoms with Crippen LogP contribution in [0, 0.1) is 11.8 Å². The molecule has 1 saturated carbocycles. The van der Waals surface area contributed by atoms with Crippen molar-refractivity contribution in [3.8, 4) is 0 Å². The third kappa shape index (κ3) is 0.418. The molecule has 39 valence electrons. The molecule has 0 amide bonds. The molecule has 1 saturated heterocycles. The van der Waals surface area contributed by atoms with Gasteiger partial charge in [-0.3, -0.25) is 0 Å². The van der Waals surface area contributed by atoms with Crippen molar-refractivity contribution >= 4 is 0 Å². The van der Waals surface area contributed by atoms with Crippen molar-refractivity contribution < 1.29 is 0 Å². The number of rotatable bonds is 0. The number of nitrogens with one attached hydrogen (secondary N) is 1. The highest BCUT2D eigenvalue weighted by Gasteiger charge is 2.34. The van der Waals surface area contributed by atoms with Crippen LogP contribution in [-0.4, -0.2) is 13.1 Å². The van der Waals surface area contributed by atoms with Crippen molar-refractivity contribution in [3.05, 3.63) is 5.92 Å². The van der Waals surface area contributed by atoms with E-state index in [4.69, 9.17) is 0 Å². The van der Waals surface area contributed by atoms with Gasteiger partial charge >= 0.3 is 0 Å². The molecule has 1 heterocycles. The average molecular weight is 96.2 g/mol. The zero-order chi connectivity index (χ0) is 4.69. The normalized spacial score (nSPS) is 40.3. The molecule has 2 fully saturated rings. The molecule has 1 aliphatic heterocycles. The molecular formula is C6H10N. The van der Waals surface area contributed by atoms with Crippen molar-refractivity contribution in [3.63, 3.8) is 0 Å². The Morgan fingerprint density at radius 3 is 2.86 bits per heavy atom. The molecule has 0 spiro atoms. The molecule has 1 aliphatic carbocycles. The van der Waals surface area contributed by atoms with Gasteiger partial charge in [-0.1, -0.05) is 0 Å². The summed E-state index contributed by atoms with van der Waals surface area (Å²) in [5.41, 5.74) is 0. The van der Waals surface area contributed by atoms with Gasteiger partial charge in [-0.05, 0) is 31.2 Å². The van der Waals surface area contributed by atoms with Gasteiger partial charge in [0.1, 0.15) is 0 Å². The maximum atomic E-state index is 3.35. The third-order valence-electron chi connectivity index (χ3n) is 2.13. The lowest BCUT2D eigenvalue weighted by Gasteiger charge is -2.27. The molecule has 1 heteroatoms. The van der Waals surface area contributed by atoms with Gasteiger partial charge in [0, 0.05) is 6.54 Å². The maximum absolute atomic E-state index is 3.35. The number of fused-ring (bicyclic) bond motifs is 1. The van der Waals surface area contributed by atoms with Gasteiger partial charge in [0.25, 0.3) is 0 Å². The van der Waals surface area contributed by atoms with Gasteiger partial charge in [0.2, 0.25) is 0 Å². The molecule has 2 aliphatic rings. The van der Waals surface area contributed by atoms with Crippen LogP contribution in [0.25, 0.3) is 0 Å². The van der Waals surface area contributed by atoms with Crippen LogP contribution in [0.2, 0.25) is 0 Å². The van der Waals surface area contributed by atoms with E-state index in [1.807, 2.05) is 0 Å². The Kier molecular flexibility index (Phi) is 0.680. The first-order valence-electron chi connectivity index (χ1n) is 3.02. The van der Waals surface area contributed by atoms with Crippen LogP contribution >= 0.6 is 0 Å². The summed E-state index contributed by atoms with van der Waals surface area (Å²) in [7, 11) is 0. The Bertz CT molecular complexity index is 70.2. The van der Waals surface area contributed by atoms with Gasteiger partial charge < -0.3 is 5.32 Å². The predicted octanol–water partition coefficient (Wildman–Crippen LogP) is 0.574. The SMILES string of the molecule is C1CC2CNC[C]12. The summed E-state index contributed by atoms with van der Waals surface area (Å²) >= 11 is 0. The molecule has 1 unspecified atom stereocenters. The molecule has 0 aromatic heterocycles. The van der Waals surface area contributed by atoms with Crippen molar-refractivity contribution in [1.82, 2.24) is 5.32 Å². The molecule has 0 bridgehead atoms. The second kappa shape index (κ2) is 1.22. The standard InChI is InChI=1S/C6H10N/c1-2-6-4-7-3-5(1)6/h5,7H,1-4H2. The van der Waals surface area contributed by atoms with Crippen LogP contribution in [-0.2, 0) is 0 Å². The summed E-state index contributed by atoms with van der Waals surface area (Å²) in [6.07, 6.45) is 2.88. The molecule has 0 aromatic carbocycles. The van der Waals surface area contributed by atoms with Crippen LogP contribution in [0.5, 0.6) is 0 Å². The highest BCUT2D eigenvalue weighted by Crippen LogP contribution is 2.38. The minimum absolute atomic E-state index is 1.000. The molecule has 0 aromatic rings. The fraction of sp³-hybridized carbons (Fsp3) is 0.833. The lowest BCUT2D eigenvalue weighted by molar-refractivity contribution is 0.418. The predicted molar refractivity (Wildman–Crippen MR) is 28.8 cm³/mol. The Hall–Kier alpha value is -0.0400. The fourth-order valence-corrected chi connectivity index (χ4v) is 1.44. The van der Waals surface area contributed by atoms with E-state index in [-0.39, 0.29) is 0 Å². The Labute approximate surface area is 44.1 Å². The zero-order valence-corrected chi connectivity index (χ0v) is 4.41. The van der Waals surface area contributed by atoms with E-state index >= 15 is 0 Å². The first-order chi connectivity index (χ1) is 3.47. The van der Waals surface area contributed by atoms with Crippen LogP contribution in [0.15, 0.2) is 0 Å². The van der Waals surface area contributed by atoms with E-state index in [0.29, 0.717) is 0 Å². The largest absolute Gasteiger partial charge is 0.316 e. The van der Waals surface area contributed by atoms with E-state index < -0.39 is 0 Å². The van der Waals surface area contributed by atoms with Gasteiger partial charge in [-0.15, -0.1) is 0 Å². The lowest BCUT2D eigenvalue weighted by Crippen LogP contribution is -2.20. The van der Waals surface area contributed by atoms with Gasteiger partial charge in [0.15, 0.2) is 0 Å². The van der Waals surface area contributed by atoms with E-state index in [9.17, 15) is 0 Å². The molecule has 1 radical (unpaired) electrons. The summed E-state index contributed by atoms with van der Waals surface area (Å²) < 4.78 is 0. The highest BCUT2D eigenvalue weighted by molar-refractivity contribution is 5.12. The molecule has 2 rings (SSSR count). The molecule has 1 atom stereocenters. The molecule has 1 nitrogen and oxygen atoms in total. The summed E-state index contributed by atoms with van der Waals surface area (Å²) in [5, 5.41) is 3.35. The van der Waals surface area contributed by atoms with Crippen molar-refractivity contribution in [2.45, 2.75) is 12.8 Å². The number of hydrogen-bond donors (Lipinski definition) is 1. The van der Waals surface area contributed by atoms with Gasteiger partial charge in [-0.25, -0.2) is 0 Å². The molecule has 1 N–H and O–H groups in total. The minimum atomic E-state index is 1.000. The Balaban J connectivity index is 2.03. The summed E-state index contributed by atoms with van der Waals surface area (Å²) in [5.74, 6) is 2.78. The third-order valence-corrected chi connectivity index (χ3v) is 2.13. The van der Waals surface area contributed by atoms with Crippen molar-refractivity contribution in [2.24, 2.45) is 5.92 Å². The second-order valence-corrected chi connectivity index (χ2v) is 2.52. The monoisotopic (exact) mass is 96.1 g/mol. The Morgan fingerprint density at radius 2 is 2.57 bits per heavy atom. The first kappa shape index (κ1) is 3.90. The number of hydrogen-bond acceptors (Lipinski definition) is 1. The van der Waals surface area contributed by atoms with Crippen molar-refractivity contribution in [2.75, 3.05) is 13.1 Å². The summed E-state index contributed by atoms with van der Waals surface area (Å²) in [4.78, 5) is 0. The van der Waals surface area contributed by atoms with Gasteiger partial charge in [0.05, 0.1) is 0 Å². The minimum Gasteiger partial charge on any atom is -0.316 e. The average Bonchev–Trinajstić information content (AvgIpc) is 1.85. The van der Waals surface area contributed by atoms with E-state index in [0.717, 1.165) is 5.92 Å². The lowest BCUT2D eigenvalue weighted by atomic mass is 9.77.